The van der Waals surface area contributed by atoms with Crippen molar-refractivity contribution in [2.75, 3.05) is 13.3 Å². The van der Waals surface area contributed by atoms with Crippen LogP contribution >= 0.6 is 17.2 Å². The van der Waals surface area contributed by atoms with E-state index in [0.717, 1.165) is 14.1 Å². The number of aryl methyl sites for hydroxylation is 2. The van der Waals surface area contributed by atoms with Crippen LogP contribution in [0.3, 0.4) is 0 Å². The Bertz CT molecular complexity index is 915. The van der Waals surface area contributed by atoms with E-state index in [1.807, 2.05) is 5.82 Å². The van der Waals surface area contributed by atoms with Crippen molar-refractivity contribution in [2.24, 2.45) is 0 Å². The molecule has 28 heavy (non-hydrogen) atoms. The molecule has 4 heteroatoms. The zero-order valence-electron chi connectivity index (χ0n) is 16.7. The Morgan fingerprint density at radius 3 is 2.86 bits per heavy atom. The van der Waals surface area contributed by atoms with Gasteiger partial charge in [-0.2, -0.15) is 0 Å². The van der Waals surface area contributed by atoms with Crippen LogP contribution in [0.25, 0.3) is 11.1 Å². The number of hydrogen-bond donors (Lipinski definition) is 0. The molecule has 1 fully saturated rings. The highest BCUT2D eigenvalue weighted by atomic mass is 31.1. The molecule has 0 spiro atoms. The molecule has 1 saturated carbocycles. The molecule has 0 bridgehead atoms. The molecule has 1 aliphatic heterocycles. The standard InChI is InChI=1S/C24H28O2P2/c1-4-27-23(24(25)26-3)21-15(2)7-11-19(16-8-9-16)22(21)18-10-12-20-17(14-18)6-5-13-28-20/h4,7,10-12,14,16,23,27-28H,1,5-6,8-9,13H2,2-3H3. The fourth-order valence-electron chi connectivity index (χ4n) is 4.30. The van der Waals surface area contributed by atoms with Crippen molar-refractivity contribution in [3.05, 3.63) is 65.0 Å². The van der Waals surface area contributed by atoms with E-state index in [-0.39, 0.29) is 11.6 Å². The number of methoxy groups -OCH3 is 1. The van der Waals surface area contributed by atoms with Gasteiger partial charge in [-0.3, -0.25) is 4.79 Å². The molecule has 3 unspecified atom stereocenters. The maximum atomic E-state index is 12.7. The van der Waals surface area contributed by atoms with Crippen LogP contribution in [0.4, 0.5) is 0 Å². The van der Waals surface area contributed by atoms with Crippen LogP contribution in [-0.4, -0.2) is 19.2 Å². The lowest BCUT2D eigenvalue weighted by atomic mass is 9.86. The van der Waals surface area contributed by atoms with E-state index in [9.17, 15) is 4.79 Å². The molecule has 2 aromatic carbocycles. The van der Waals surface area contributed by atoms with E-state index in [1.165, 1.54) is 72.1 Å². The third-order valence-electron chi connectivity index (χ3n) is 5.86. The van der Waals surface area contributed by atoms with Crippen molar-refractivity contribution < 1.29 is 9.53 Å². The van der Waals surface area contributed by atoms with Crippen molar-refractivity contribution in [3.8, 4) is 11.1 Å². The second-order valence-corrected chi connectivity index (χ2v) is 10.5. The SMILES string of the molecule is C=CPC(C(=O)OC)c1c(C)ccc(C2CC2)c1-c1ccc2c(c1)CCCP2. The minimum absolute atomic E-state index is 0.157. The first-order chi connectivity index (χ1) is 13.6. The van der Waals surface area contributed by atoms with Gasteiger partial charge in [0.2, 0.25) is 0 Å². The molecule has 0 aromatic heterocycles. The highest BCUT2D eigenvalue weighted by Gasteiger charge is 2.32. The Balaban J connectivity index is 1.92. The molecule has 2 nitrogen and oxygen atoms in total. The molecule has 146 valence electrons. The van der Waals surface area contributed by atoms with Gasteiger partial charge in [-0.1, -0.05) is 59.9 Å². The van der Waals surface area contributed by atoms with Gasteiger partial charge in [0.25, 0.3) is 0 Å². The lowest BCUT2D eigenvalue weighted by Gasteiger charge is -2.24. The number of hydrogen-bond acceptors (Lipinski definition) is 2. The van der Waals surface area contributed by atoms with Gasteiger partial charge in [-0.15, -0.1) is 0 Å². The molecule has 2 aromatic rings. The van der Waals surface area contributed by atoms with Gasteiger partial charge < -0.3 is 4.74 Å². The third-order valence-corrected chi connectivity index (χ3v) is 8.42. The molecule has 0 N–H and O–H groups in total. The summed E-state index contributed by atoms with van der Waals surface area (Å²) < 4.78 is 5.19. The van der Waals surface area contributed by atoms with Crippen LogP contribution in [0.1, 0.15) is 53.1 Å². The Morgan fingerprint density at radius 1 is 1.32 bits per heavy atom. The molecule has 1 aliphatic carbocycles. The van der Waals surface area contributed by atoms with Gasteiger partial charge >= 0.3 is 5.97 Å². The fourth-order valence-corrected chi connectivity index (χ4v) is 6.58. The first-order valence-electron chi connectivity index (χ1n) is 10.1. The predicted octanol–water partition coefficient (Wildman–Crippen LogP) is 5.83. The number of benzene rings is 2. The molecule has 4 rings (SSSR count). The fraction of sp³-hybridized carbons (Fsp3) is 0.375. The van der Waals surface area contributed by atoms with Crippen molar-refractivity contribution in [3.63, 3.8) is 0 Å². The minimum atomic E-state index is -0.269. The summed E-state index contributed by atoms with van der Waals surface area (Å²) >= 11 is 0. The summed E-state index contributed by atoms with van der Waals surface area (Å²) in [6, 6.07) is 11.5. The number of carbonyl (C=O) groups is 1. The van der Waals surface area contributed by atoms with E-state index in [2.05, 4.69) is 43.8 Å². The van der Waals surface area contributed by atoms with Gasteiger partial charge in [0.1, 0.15) is 5.66 Å². The molecule has 2 aliphatic rings. The molecule has 0 amide bonds. The second kappa shape index (κ2) is 8.48. The van der Waals surface area contributed by atoms with Crippen LogP contribution in [0, 0.1) is 6.92 Å². The van der Waals surface area contributed by atoms with E-state index in [4.69, 9.17) is 4.74 Å². The summed E-state index contributed by atoms with van der Waals surface area (Å²) in [6.45, 7) is 6.03. The number of ether oxygens (including phenoxy) is 1. The van der Waals surface area contributed by atoms with Gasteiger partial charge in [0.05, 0.1) is 7.11 Å². The van der Waals surface area contributed by atoms with Crippen molar-refractivity contribution >= 4 is 28.4 Å². The summed E-state index contributed by atoms with van der Waals surface area (Å²) in [5.74, 6) is 2.33. The Labute approximate surface area is 171 Å². The summed E-state index contributed by atoms with van der Waals surface area (Å²) in [5, 5.41) is 1.52. The molecule has 1 heterocycles. The summed E-state index contributed by atoms with van der Waals surface area (Å²) in [5.41, 5.74) is 7.50. The average molecular weight is 410 g/mol. The van der Waals surface area contributed by atoms with Crippen molar-refractivity contribution in [1.82, 2.24) is 0 Å². The lowest BCUT2D eigenvalue weighted by molar-refractivity contribution is -0.140. The van der Waals surface area contributed by atoms with E-state index in [1.54, 1.807) is 0 Å². The van der Waals surface area contributed by atoms with Gasteiger partial charge in [0.15, 0.2) is 0 Å². The normalized spacial score (nSPS) is 18.2. The summed E-state index contributed by atoms with van der Waals surface area (Å²) in [4.78, 5) is 12.7. The molecular weight excluding hydrogens is 382 g/mol. The van der Waals surface area contributed by atoms with Gasteiger partial charge in [-0.25, -0.2) is 0 Å². The Kier molecular flexibility index (Phi) is 6.00. The zero-order valence-corrected chi connectivity index (χ0v) is 18.7. The van der Waals surface area contributed by atoms with Crippen molar-refractivity contribution in [1.29, 1.82) is 0 Å². The van der Waals surface area contributed by atoms with Crippen LogP contribution in [0.15, 0.2) is 42.7 Å². The minimum Gasteiger partial charge on any atom is -0.468 e. The molecular formula is C24H28O2P2. The number of fused-ring (bicyclic) bond motifs is 1. The number of rotatable bonds is 6. The largest absolute Gasteiger partial charge is 0.468 e. The third kappa shape index (κ3) is 3.83. The number of esters is 1. The zero-order chi connectivity index (χ0) is 19.7. The Hall–Kier alpha value is -1.49. The monoisotopic (exact) mass is 410 g/mol. The predicted molar refractivity (Wildman–Crippen MR) is 123 cm³/mol. The summed E-state index contributed by atoms with van der Waals surface area (Å²) in [7, 11) is 2.74. The van der Waals surface area contributed by atoms with Crippen LogP contribution < -0.4 is 5.30 Å². The first kappa shape index (κ1) is 19.8. The maximum absolute atomic E-state index is 12.7. The van der Waals surface area contributed by atoms with E-state index in [0.29, 0.717) is 14.5 Å². The first-order valence-corrected chi connectivity index (χ1v) is 12.5. The number of carbonyl (C=O) groups excluding carboxylic acids is 1. The molecule has 0 saturated heterocycles. The molecule has 0 radical (unpaired) electrons. The van der Waals surface area contributed by atoms with Crippen molar-refractivity contribution in [2.45, 2.75) is 44.2 Å². The van der Waals surface area contributed by atoms with E-state index < -0.39 is 0 Å². The average Bonchev–Trinajstić information content (AvgIpc) is 3.56. The molecule has 3 atom stereocenters. The quantitative estimate of drug-likeness (QED) is 0.443. The van der Waals surface area contributed by atoms with Crippen LogP contribution in [-0.2, 0) is 16.0 Å². The second-order valence-electron chi connectivity index (χ2n) is 7.76. The lowest BCUT2D eigenvalue weighted by Crippen LogP contribution is -2.14. The smallest absolute Gasteiger partial charge is 0.317 e. The van der Waals surface area contributed by atoms with Crippen LogP contribution in [0.5, 0.6) is 0 Å². The maximum Gasteiger partial charge on any atom is 0.317 e. The Morgan fingerprint density at radius 2 is 2.14 bits per heavy atom. The van der Waals surface area contributed by atoms with E-state index >= 15 is 0 Å². The van der Waals surface area contributed by atoms with Crippen LogP contribution in [0.2, 0.25) is 0 Å². The summed E-state index contributed by atoms with van der Waals surface area (Å²) in [6.07, 6.45) is 6.27. The topological polar surface area (TPSA) is 26.3 Å². The highest BCUT2D eigenvalue weighted by Crippen LogP contribution is 2.50. The highest BCUT2D eigenvalue weighted by molar-refractivity contribution is 7.47. The van der Waals surface area contributed by atoms with Gasteiger partial charge in [-0.05, 0) is 83.4 Å². The van der Waals surface area contributed by atoms with Gasteiger partial charge in [0, 0.05) is 0 Å².